The number of rotatable bonds is 6. The minimum atomic E-state index is -0.646. The molecule has 0 radical (unpaired) electrons. The van der Waals surface area contributed by atoms with Gasteiger partial charge in [-0.25, -0.2) is 0 Å². The molecule has 2 aromatic rings. The van der Waals surface area contributed by atoms with E-state index in [0.717, 1.165) is 49.0 Å². The molecule has 0 bridgehead atoms. The van der Waals surface area contributed by atoms with Gasteiger partial charge in [0.25, 0.3) is 11.7 Å². The number of carbonyl (C=O) groups is 2. The zero-order chi connectivity index (χ0) is 21.1. The van der Waals surface area contributed by atoms with Crippen molar-refractivity contribution in [3.8, 4) is 5.75 Å². The average molecular weight is 406 g/mol. The van der Waals surface area contributed by atoms with Crippen molar-refractivity contribution in [2.24, 2.45) is 0 Å². The van der Waals surface area contributed by atoms with E-state index >= 15 is 0 Å². The zero-order valence-electron chi connectivity index (χ0n) is 17.1. The molecule has 1 unspecified atom stereocenters. The lowest BCUT2D eigenvalue weighted by atomic mass is 9.94. The topological polar surface area (TPSA) is 79.7 Å². The van der Waals surface area contributed by atoms with Crippen LogP contribution >= 0.6 is 0 Å². The van der Waals surface area contributed by atoms with Crippen molar-refractivity contribution in [3.63, 3.8) is 0 Å². The Hall–Kier alpha value is -3.15. The number of nitrogens with zero attached hydrogens (tertiary/aromatic N) is 2. The second kappa shape index (κ2) is 8.69. The van der Waals surface area contributed by atoms with E-state index in [2.05, 4.69) is 11.9 Å². The summed E-state index contributed by atoms with van der Waals surface area (Å²) in [4.78, 5) is 31.6. The van der Waals surface area contributed by atoms with Crippen LogP contribution in [0, 0.1) is 0 Å². The Morgan fingerprint density at radius 3 is 2.90 bits per heavy atom. The van der Waals surface area contributed by atoms with Crippen molar-refractivity contribution >= 4 is 17.4 Å². The number of pyridine rings is 1. The number of carbonyl (C=O) groups excluding carboxylic acids is 2. The quantitative estimate of drug-likeness (QED) is 0.339. The summed E-state index contributed by atoms with van der Waals surface area (Å²) in [5, 5.41) is 11.1. The number of unbranched alkanes of at least 4 members (excludes halogenated alkanes) is 2. The highest BCUT2D eigenvalue weighted by Crippen LogP contribution is 2.40. The molecule has 1 amide bonds. The number of aromatic nitrogens is 1. The van der Waals surface area contributed by atoms with E-state index in [-0.39, 0.29) is 11.3 Å². The summed E-state index contributed by atoms with van der Waals surface area (Å²) in [6.45, 7) is 3.24. The number of ketones is 1. The van der Waals surface area contributed by atoms with Gasteiger partial charge < -0.3 is 14.7 Å². The van der Waals surface area contributed by atoms with E-state index in [1.165, 1.54) is 0 Å². The van der Waals surface area contributed by atoms with Crippen LogP contribution < -0.4 is 4.74 Å². The number of aliphatic hydroxyl groups excluding tert-OH is 1. The van der Waals surface area contributed by atoms with E-state index in [1.54, 1.807) is 29.4 Å². The first-order valence-electron chi connectivity index (χ1n) is 10.6. The van der Waals surface area contributed by atoms with E-state index in [0.29, 0.717) is 18.7 Å². The predicted molar refractivity (Wildman–Crippen MR) is 113 cm³/mol. The Morgan fingerprint density at radius 1 is 1.27 bits per heavy atom. The van der Waals surface area contributed by atoms with Crippen molar-refractivity contribution in [1.82, 2.24) is 9.88 Å². The van der Waals surface area contributed by atoms with E-state index in [1.807, 2.05) is 18.2 Å². The Kier molecular flexibility index (Phi) is 5.84. The number of fused-ring (bicyclic) bond motifs is 1. The van der Waals surface area contributed by atoms with Crippen LogP contribution in [0.3, 0.4) is 0 Å². The maximum absolute atomic E-state index is 13.0. The molecule has 2 aliphatic rings. The first-order valence-corrected chi connectivity index (χ1v) is 10.6. The third-order valence-electron chi connectivity index (χ3n) is 5.72. The zero-order valence-corrected chi connectivity index (χ0v) is 17.1. The number of hydrogen-bond donors (Lipinski definition) is 1. The van der Waals surface area contributed by atoms with Gasteiger partial charge in [0, 0.05) is 24.5 Å². The average Bonchev–Trinajstić information content (AvgIpc) is 3.04. The van der Waals surface area contributed by atoms with Crippen LogP contribution in [0.5, 0.6) is 5.75 Å². The van der Waals surface area contributed by atoms with Crippen LogP contribution in [-0.2, 0) is 16.0 Å². The molecule has 1 N–H and O–H groups in total. The molecule has 1 aromatic carbocycles. The van der Waals surface area contributed by atoms with Crippen molar-refractivity contribution in [3.05, 3.63) is 65.0 Å². The largest absolute Gasteiger partial charge is 0.507 e. The molecule has 1 atom stereocenters. The molecule has 1 fully saturated rings. The van der Waals surface area contributed by atoms with Gasteiger partial charge in [-0.2, -0.15) is 0 Å². The van der Waals surface area contributed by atoms with E-state index in [9.17, 15) is 14.7 Å². The monoisotopic (exact) mass is 406 g/mol. The summed E-state index contributed by atoms with van der Waals surface area (Å²) in [6.07, 6.45) is 7.85. The summed E-state index contributed by atoms with van der Waals surface area (Å²) in [7, 11) is 0. The lowest BCUT2D eigenvalue weighted by molar-refractivity contribution is -0.139. The third kappa shape index (κ3) is 3.70. The second-order valence-electron chi connectivity index (χ2n) is 7.76. The molecule has 30 heavy (non-hydrogen) atoms. The molecule has 0 saturated carbocycles. The van der Waals surface area contributed by atoms with Gasteiger partial charge in [0.2, 0.25) is 0 Å². The van der Waals surface area contributed by atoms with Crippen LogP contribution in [0.2, 0.25) is 0 Å². The minimum Gasteiger partial charge on any atom is -0.507 e. The Labute approximate surface area is 176 Å². The second-order valence-corrected chi connectivity index (χ2v) is 7.76. The van der Waals surface area contributed by atoms with E-state index < -0.39 is 17.7 Å². The minimum absolute atomic E-state index is 0.126. The number of Topliss-reactive ketones (excluding diaryl/α,β-unsaturated/α-hetero) is 1. The van der Waals surface area contributed by atoms with Crippen LogP contribution in [0.4, 0.5) is 0 Å². The molecule has 0 spiro atoms. The smallest absolute Gasteiger partial charge is 0.295 e. The number of benzene rings is 1. The fourth-order valence-electron chi connectivity index (χ4n) is 4.19. The highest BCUT2D eigenvalue weighted by Gasteiger charge is 2.45. The number of aliphatic hydroxyl groups is 1. The highest BCUT2D eigenvalue weighted by atomic mass is 16.5. The predicted octanol–water partition coefficient (Wildman–Crippen LogP) is 4.02. The maximum atomic E-state index is 13.0. The highest BCUT2D eigenvalue weighted by molar-refractivity contribution is 6.46. The normalized spacial score (nSPS) is 20.2. The Bertz CT molecular complexity index is 984. The molecular weight excluding hydrogens is 380 g/mol. The maximum Gasteiger partial charge on any atom is 0.295 e. The molecule has 1 saturated heterocycles. The summed E-state index contributed by atoms with van der Waals surface area (Å²) in [5.74, 6) is -0.551. The molecule has 156 valence electrons. The van der Waals surface area contributed by atoms with Gasteiger partial charge in [0.1, 0.15) is 11.5 Å². The number of ether oxygens (including phenoxy) is 1. The van der Waals surface area contributed by atoms with Gasteiger partial charge in [-0.05, 0) is 54.7 Å². The lowest BCUT2D eigenvalue weighted by Crippen LogP contribution is -2.30. The van der Waals surface area contributed by atoms with Crippen molar-refractivity contribution < 1.29 is 19.4 Å². The van der Waals surface area contributed by atoms with Crippen LogP contribution in [-0.4, -0.2) is 39.8 Å². The van der Waals surface area contributed by atoms with Gasteiger partial charge in [0.15, 0.2) is 0 Å². The molecule has 3 heterocycles. The molecule has 4 rings (SSSR count). The number of amides is 1. The third-order valence-corrected chi connectivity index (χ3v) is 5.72. The van der Waals surface area contributed by atoms with Crippen molar-refractivity contribution in [1.29, 1.82) is 0 Å². The lowest BCUT2D eigenvalue weighted by Gasteiger charge is -2.25. The first kappa shape index (κ1) is 20.1. The molecule has 0 aliphatic carbocycles. The summed E-state index contributed by atoms with van der Waals surface area (Å²) >= 11 is 0. The SMILES string of the molecule is CCCCCN1C(=O)C(=O)/C(=C(\O)c2ccc3c(c2)CCCO3)C1c1cccnc1. The van der Waals surface area contributed by atoms with Gasteiger partial charge >= 0.3 is 0 Å². The fourth-order valence-corrected chi connectivity index (χ4v) is 4.19. The Morgan fingerprint density at radius 2 is 2.13 bits per heavy atom. The standard InChI is InChI=1S/C24H26N2O4/c1-2-3-4-12-26-21(18-7-5-11-25-15-18)20(23(28)24(26)29)22(27)17-9-10-19-16(14-17)8-6-13-30-19/h5,7,9-11,14-15,21,27H,2-4,6,8,12-13H2,1H3/b22-20-. The number of aryl methyl sites for hydroxylation is 1. The molecule has 6 nitrogen and oxygen atoms in total. The summed E-state index contributed by atoms with van der Waals surface area (Å²) in [5.41, 5.74) is 2.37. The van der Waals surface area contributed by atoms with Crippen molar-refractivity contribution in [2.75, 3.05) is 13.2 Å². The summed E-state index contributed by atoms with van der Waals surface area (Å²) < 4.78 is 5.65. The molecular formula is C24H26N2O4. The molecule has 1 aromatic heterocycles. The van der Waals surface area contributed by atoms with Crippen LogP contribution in [0.1, 0.15) is 55.3 Å². The number of hydrogen-bond acceptors (Lipinski definition) is 5. The van der Waals surface area contributed by atoms with Crippen LogP contribution in [0.15, 0.2) is 48.3 Å². The first-order chi connectivity index (χ1) is 14.6. The van der Waals surface area contributed by atoms with Crippen LogP contribution in [0.25, 0.3) is 5.76 Å². The van der Waals surface area contributed by atoms with Gasteiger partial charge in [-0.15, -0.1) is 0 Å². The number of likely N-dealkylation sites (tertiary alicyclic amines) is 1. The van der Waals surface area contributed by atoms with E-state index in [4.69, 9.17) is 4.74 Å². The molecule has 2 aliphatic heterocycles. The van der Waals surface area contributed by atoms with Gasteiger partial charge in [-0.3, -0.25) is 14.6 Å². The summed E-state index contributed by atoms with van der Waals surface area (Å²) in [6, 6.07) is 8.39. The molecule has 6 heteroatoms. The van der Waals surface area contributed by atoms with Crippen molar-refractivity contribution in [2.45, 2.75) is 45.1 Å². The Balaban J connectivity index is 1.79. The van der Waals surface area contributed by atoms with Gasteiger partial charge in [0.05, 0.1) is 18.2 Å². The fraction of sp³-hybridized carbons (Fsp3) is 0.375. The van der Waals surface area contributed by atoms with Gasteiger partial charge in [-0.1, -0.05) is 25.8 Å².